The van der Waals surface area contributed by atoms with E-state index in [0.717, 1.165) is 25.9 Å². The number of carbonyl (C=O) groups excluding carboxylic acids is 1. The molecule has 0 spiro atoms. The van der Waals surface area contributed by atoms with E-state index in [4.69, 9.17) is 5.73 Å². The Morgan fingerprint density at radius 2 is 2.05 bits per heavy atom. The predicted octanol–water partition coefficient (Wildman–Crippen LogP) is 2.03. The number of para-hydroxylation sites is 1. The standard InChI is InChI=1S/C17H25N3O/c1-12-6-7-14(17(18)21)11-20(12)16-5-3-2-4-13(16)10-19-15-8-9-15/h2-5,12,14-15,19H,6-11H2,1H3,(H2,18,21). The number of amides is 1. The van der Waals surface area contributed by atoms with Gasteiger partial charge >= 0.3 is 0 Å². The number of primary amides is 1. The van der Waals surface area contributed by atoms with Gasteiger partial charge in [0.1, 0.15) is 0 Å². The number of benzene rings is 1. The molecule has 0 bridgehead atoms. The van der Waals surface area contributed by atoms with Crippen molar-refractivity contribution in [3.05, 3.63) is 29.8 Å². The maximum Gasteiger partial charge on any atom is 0.222 e. The molecule has 4 nitrogen and oxygen atoms in total. The summed E-state index contributed by atoms with van der Waals surface area (Å²) in [5.74, 6) is -0.189. The zero-order valence-corrected chi connectivity index (χ0v) is 12.7. The summed E-state index contributed by atoms with van der Waals surface area (Å²) in [6.07, 6.45) is 4.53. The molecule has 0 aromatic heterocycles. The Morgan fingerprint density at radius 3 is 2.76 bits per heavy atom. The number of nitrogens with one attached hydrogen (secondary N) is 1. The second kappa shape index (κ2) is 6.06. The van der Waals surface area contributed by atoms with E-state index >= 15 is 0 Å². The average Bonchev–Trinajstić information content (AvgIpc) is 3.30. The molecule has 114 valence electrons. The minimum atomic E-state index is -0.166. The lowest BCUT2D eigenvalue weighted by Crippen LogP contribution is -2.46. The number of carbonyl (C=O) groups is 1. The molecule has 1 aromatic rings. The van der Waals surface area contributed by atoms with Crippen molar-refractivity contribution >= 4 is 11.6 Å². The van der Waals surface area contributed by atoms with E-state index < -0.39 is 0 Å². The van der Waals surface area contributed by atoms with Gasteiger partial charge in [-0.15, -0.1) is 0 Å². The molecule has 2 atom stereocenters. The van der Waals surface area contributed by atoms with Crippen LogP contribution in [0.5, 0.6) is 0 Å². The molecule has 3 rings (SSSR count). The van der Waals surface area contributed by atoms with E-state index in [2.05, 4.69) is 41.4 Å². The molecule has 1 heterocycles. The fourth-order valence-electron chi connectivity index (χ4n) is 3.16. The van der Waals surface area contributed by atoms with Crippen LogP contribution in [-0.2, 0) is 11.3 Å². The van der Waals surface area contributed by atoms with Crippen LogP contribution in [0.1, 0.15) is 38.2 Å². The third-order valence-electron chi connectivity index (χ3n) is 4.74. The quantitative estimate of drug-likeness (QED) is 0.871. The Morgan fingerprint density at radius 1 is 1.29 bits per heavy atom. The SMILES string of the molecule is CC1CCC(C(N)=O)CN1c1ccccc1CNC1CC1. The summed E-state index contributed by atoms with van der Waals surface area (Å²) in [5.41, 5.74) is 8.09. The Bertz CT molecular complexity index is 513. The zero-order valence-electron chi connectivity index (χ0n) is 12.7. The lowest BCUT2D eigenvalue weighted by Gasteiger charge is -2.39. The summed E-state index contributed by atoms with van der Waals surface area (Å²) in [7, 11) is 0. The number of anilines is 1. The average molecular weight is 287 g/mol. The van der Waals surface area contributed by atoms with E-state index in [1.165, 1.54) is 24.1 Å². The van der Waals surface area contributed by atoms with Crippen molar-refractivity contribution in [3.8, 4) is 0 Å². The Kier molecular flexibility index (Phi) is 4.15. The molecule has 1 amide bonds. The van der Waals surface area contributed by atoms with Gasteiger partial charge < -0.3 is 16.0 Å². The first kappa shape index (κ1) is 14.4. The van der Waals surface area contributed by atoms with E-state index in [1.54, 1.807) is 0 Å². The highest BCUT2D eigenvalue weighted by molar-refractivity contribution is 5.77. The number of nitrogens with zero attached hydrogens (tertiary/aromatic N) is 1. The molecular formula is C17H25N3O. The van der Waals surface area contributed by atoms with Gasteiger partial charge in [-0.3, -0.25) is 4.79 Å². The fraction of sp³-hybridized carbons (Fsp3) is 0.588. The van der Waals surface area contributed by atoms with Crippen LogP contribution in [0, 0.1) is 5.92 Å². The highest BCUT2D eigenvalue weighted by Crippen LogP contribution is 2.30. The molecule has 1 aliphatic heterocycles. The van der Waals surface area contributed by atoms with Crippen LogP contribution in [0.3, 0.4) is 0 Å². The second-order valence-corrected chi connectivity index (χ2v) is 6.46. The Labute approximate surface area is 126 Å². The number of hydrogen-bond donors (Lipinski definition) is 2. The third-order valence-corrected chi connectivity index (χ3v) is 4.74. The van der Waals surface area contributed by atoms with E-state index in [1.807, 2.05) is 0 Å². The van der Waals surface area contributed by atoms with Gasteiger partial charge in [-0.2, -0.15) is 0 Å². The van der Waals surface area contributed by atoms with Crippen molar-refractivity contribution in [2.75, 3.05) is 11.4 Å². The van der Waals surface area contributed by atoms with Crippen LogP contribution >= 0.6 is 0 Å². The zero-order chi connectivity index (χ0) is 14.8. The van der Waals surface area contributed by atoms with E-state index in [-0.39, 0.29) is 11.8 Å². The molecule has 1 aromatic carbocycles. The van der Waals surface area contributed by atoms with Crippen LogP contribution in [0.25, 0.3) is 0 Å². The molecule has 2 fully saturated rings. The summed E-state index contributed by atoms with van der Waals surface area (Å²) < 4.78 is 0. The summed E-state index contributed by atoms with van der Waals surface area (Å²) in [4.78, 5) is 13.9. The first-order valence-corrected chi connectivity index (χ1v) is 8.02. The maximum absolute atomic E-state index is 11.5. The van der Waals surface area contributed by atoms with Crippen LogP contribution < -0.4 is 16.0 Å². The molecule has 21 heavy (non-hydrogen) atoms. The smallest absolute Gasteiger partial charge is 0.222 e. The molecule has 2 unspecified atom stereocenters. The molecule has 2 aliphatic rings. The lowest BCUT2D eigenvalue weighted by molar-refractivity contribution is -0.122. The highest BCUT2D eigenvalue weighted by atomic mass is 16.1. The van der Waals surface area contributed by atoms with Gasteiger partial charge in [-0.1, -0.05) is 18.2 Å². The lowest BCUT2D eigenvalue weighted by atomic mass is 9.92. The molecule has 4 heteroatoms. The minimum Gasteiger partial charge on any atom is -0.369 e. The Balaban J connectivity index is 1.78. The molecule has 1 saturated heterocycles. The van der Waals surface area contributed by atoms with Crippen molar-refractivity contribution < 1.29 is 4.79 Å². The first-order chi connectivity index (χ1) is 10.1. The number of hydrogen-bond acceptors (Lipinski definition) is 3. The van der Waals surface area contributed by atoms with Crippen molar-refractivity contribution in [2.45, 2.75) is 51.2 Å². The molecule has 1 saturated carbocycles. The van der Waals surface area contributed by atoms with Gasteiger partial charge in [-0.25, -0.2) is 0 Å². The monoisotopic (exact) mass is 287 g/mol. The summed E-state index contributed by atoms with van der Waals surface area (Å²) in [6.45, 7) is 3.89. The molecular weight excluding hydrogens is 262 g/mol. The van der Waals surface area contributed by atoms with Crippen molar-refractivity contribution in [1.82, 2.24) is 5.32 Å². The Hall–Kier alpha value is -1.55. The predicted molar refractivity (Wildman–Crippen MR) is 85.0 cm³/mol. The van der Waals surface area contributed by atoms with Crippen LogP contribution in [0.4, 0.5) is 5.69 Å². The van der Waals surface area contributed by atoms with Gasteiger partial charge in [0, 0.05) is 30.9 Å². The number of nitrogens with two attached hydrogens (primary N) is 1. The van der Waals surface area contributed by atoms with Crippen LogP contribution in [-0.4, -0.2) is 24.5 Å². The summed E-state index contributed by atoms with van der Waals surface area (Å²) in [6, 6.07) is 9.69. The van der Waals surface area contributed by atoms with Crippen molar-refractivity contribution in [2.24, 2.45) is 11.7 Å². The maximum atomic E-state index is 11.5. The van der Waals surface area contributed by atoms with Gasteiger partial charge in [-0.05, 0) is 44.2 Å². The first-order valence-electron chi connectivity index (χ1n) is 8.02. The van der Waals surface area contributed by atoms with Gasteiger partial charge in [0.15, 0.2) is 0 Å². The molecule has 0 radical (unpaired) electrons. The second-order valence-electron chi connectivity index (χ2n) is 6.46. The summed E-state index contributed by atoms with van der Waals surface area (Å²) in [5, 5.41) is 3.58. The largest absolute Gasteiger partial charge is 0.369 e. The molecule has 3 N–H and O–H groups in total. The topological polar surface area (TPSA) is 58.4 Å². The van der Waals surface area contributed by atoms with Gasteiger partial charge in [0.2, 0.25) is 5.91 Å². The number of piperidine rings is 1. The van der Waals surface area contributed by atoms with Crippen molar-refractivity contribution in [1.29, 1.82) is 0 Å². The van der Waals surface area contributed by atoms with Gasteiger partial charge in [0.25, 0.3) is 0 Å². The van der Waals surface area contributed by atoms with E-state index in [0.29, 0.717) is 12.1 Å². The molecule has 1 aliphatic carbocycles. The highest BCUT2D eigenvalue weighted by Gasteiger charge is 2.30. The number of rotatable bonds is 5. The minimum absolute atomic E-state index is 0.0225. The fourth-order valence-corrected chi connectivity index (χ4v) is 3.16. The van der Waals surface area contributed by atoms with Crippen molar-refractivity contribution in [3.63, 3.8) is 0 Å². The van der Waals surface area contributed by atoms with Gasteiger partial charge in [0.05, 0.1) is 5.92 Å². The van der Waals surface area contributed by atoms with Crippen LogP contribution in [0.15, 0.2) is 24.3 Å². The third kappa shape index (κ3) is 3.38. The summed E-state index contributed by atoms with van der Waals surface area (Å²) >= 11 is 0. The normalized spacial score (nSPS) is 25.9. The van der Waals surface area contributed by atoms with E-state index in [9.17, 15) is 4.79 Å². The van der Waals surface area contributed by atoms with Crippen LogP contribution in [0.2, 0.25) is 0 Å².